The first kappa shape index (κ1) is 15.2. The molecule has 1 aliphatic rings. The largest absolute Gasteiger partial charge is 0.354 e. The van der Waals surface area contributed by atoms with Gasteiger partial charge in [0.05, 0.1) is 10.9 Å². The standard InChI is InChI=1S/C16H18N4O3/c1-20-13(18-11-5-3-2-4-10(11)16(20)23)8-9-17-15(22)12-6-7-14(21)19-12/h2-5,12H,6-9H2,1H3,(H,17,22)(H,19,21). The molecule has 0 spiro atoms. The molecule has 7 nitrogen and oxygen atoms in total. The van der Waals surface area contributed by atoms with Crippen LogP contribution in [-0.2, 0) is 23.1 Å². The second-order valence-electron chi connectivity index (χ2n) is 5.61. The van der Waals surface area contributed by atoms with E-state index in [0.717, 1.165) is 0 Å². The number of aromatic nitrogens is 2. The second kappa shape index (κ2) is 6.20. The van der Waals surface area contributed by atoms with E-state index < -0.39 is 6.04 Å². The van der Waals surface area contributed by atoms with Crippen LogP contribution in [0.3, 0.4) is 0 Å². The van der Waals surface area contributed by atoms with Gasteiger partial charge in [-0.15, -0.1) is 0 Å². The minimum Gasteiger partial charge on any atom is -0.354 e. The van der Waals surface area contributed by atoms with Crippen LogP contribution < -0.4 is 16.2 Å². The first-order valence-electron chi connectivity index (χ1n) is 7.58. The second-order valence-corrected chi connectivity index (χ2v) is 5.61. The number of hydrogen-bond acceptors (Lipinski definition) is 4. The van der Waals surface area contributed by atoms with Crippen molar-refractivity contribution in [1.82, 2.24) is 20.2 Å². The lowest BCUT2D eigenvalue weighted by atomic mass is 10.2. The van der Waals surface area contributed by atoms with Crippen molar-refractivity contribution >= 4 is 22.7 Å². The van der Waals surface area contributed by atoms with E-state index in [1.54, 1.807) is 25.2 Å². The SMILES string of the molecule is Cn1c(CCNC(=O)C2CCC(=O)N2)nc2ccccc2c1=O. The maximum absolute atomic E-state index is 12.3. The molecule has 1 saturated heterocycles. The van der Waals surface area contributed by atoms with Crippen LogP contribution in [0.2, 0.25) is 0 Å². The Bertz CT molecular complexity index is 828. The van der Waals surface area contributed by atoms with E-state index in [4.69, 9.17) is 0 Å². The molecule has 2 aromatic rings. The molecule has 2 N–H and O–H groups in total. The molecule has 0 saturated carbocycles. The van der Waals surface area contributed by atoms with Crippen LogP contribution in [0.25, 0.3) is 10.9 Å². The van der Waals surface area contributed by atoms with Gasteiger partial charge in [-0.2, -0.15) is 0 Å². The van der Waals surface area contributed by atoms with Gasteiger partial charge in [0.15, 0.2) is 0 Å². The molecule has 0 bridgehead atoms. The summed E-state index contributed by atoms with van der Waals surface area (Å²) in [6.45, 7) is 0.365. The van der Waals surface area contributed by atoms with E-state index in [9.17, 15) is 14.4 Å². The van der Waals surface area contributed by atoms with E-state index >= 15 is 0 Å². The fraction of sp³-hybridized carbons (Fsp3) is 0.375. The number of nitrogens with zero attached hydrogens (tertiary/aromatic N) is 2. The molecule has 1 aromatic carbocycles. The first-order chi connectivity index (χ1) is 11.1. The summed E-state index contributed by atoms with van der Waals surface area (Å²) in [5.41, 5.74) is 0.556. The molecule has 2 heterocycles. The van der Waals surface area contributed by atoms with E-state index in [0.29, 0.717) is 42.5 Å². The average Bonchev–Trinajstić information content (AvgIpc) is 2.98. The Balaban J connectivity index is 1.68. The molecule has 3 rings (SSSR count). The zero-order chi connectivity index (χ0) is 16.4. The lowest BCUT2D eigenvalue weighted by Gasteiger charge is -2.12. The highest BCUT2D eigenvalue weighted by Gasteiger charge is 2.26. The summed E-state index contributed by atoms with van der Waals surface area (Å²) in [4.78, 5) is 39.8. The molecule has 120 valence electrons. The van der Waals surface area contributed by atoms with Crippen molar-refractivity contribution in [2.24, 2.45) is 7.05 Å². The minimum atomic E-state index is -0.448. The summed E-state index contributed by atoms with van der Waals surface area (Å²) in [6, 6.07) is 6.74. The normalized spacial score (nSPS) is 17.3. The summed E-state index contributed by atoms with van der Waals surface area (Å²) >= 11 is 0. The minimum absolute atomic E-state index is 0.0938. The van der Waals surface area contributed by atoms with Crippen LogP contribution in [0.15, 0.2) is 29.1 Å². The maximum Gasteiger partial charge on any atom is 0.261 e. The Morgan fingerprint density at radius 3 is 2.91 bits per heavy atom. The Morgan fingerprint density at radius 2 is 2.17 bits per heavy atom. The van der Waals surface area contributed by atoms with Gasteiger partial charge in [0.2, 0.25) is 11.8 Å². The lowest BCUT2D eigenvalue weighted by Crippen LogP contribution is -2.42. The number of fused-ring (bicyclic) bond motifs is 1. The van der Waals surface area contributed by atoms with Crippen molar-refractivity contribution in [1.29, 1.82) is 0 Å². The number of para-hydroxylation sites is 1. The smallest absolute Gasteiger partial charge is 0.261 e. The highest BCUT2D eigenvalue weighted by molar-refractivity contribution is 5.90. The van der Waals surface area contributed by atoms with E-state index in [1.807, 2.05) is 6.07 Å². The van der Waals surface area contributed by atoms with Crippen molar-refractivity contribution in [3.05, 3.63) is 40.4 Å². The highest BCUT2D eigenvalue weighted by Crippen LogP contribution is 2.08. The highest BCUT2D eigenvalue weighted by atomic mass is 16.2. The topological polar surface area (TPSA) is 93.1 Å². The summed E-state index contributed by atoms with van der Waals surface area (Å²) in [5.74, 6) is 0.329. The van der Waals surface area contributed by atoms with Crippen LogP contribution in [0, 0.1) is 0 Å². The van der Waals surface area contributed by atoms with Crippen LogP contribution >= 0.6 is 0 Å². The maximum atomic E-state index is 12.3. The van der Waals surface area contributed by atoms with Crippen molar-refractivity contribution in [2.45, 2.75) is 25.3 Å². The Labute approximate surface area is 132 Å². The fourth-order valence-corrected chi connectivity index (χ4v) is 2.72. The molecule has 7 heteroatoms. The summed E-state index contributed by atoms with van der Waals surface area (Å²) in [5, 5.41) is 5.98. The lowest BCUT2D eigenvalue weighted by molar-refractivity contribution is -0.125. The molecule has 1 aliphatic heterocycles. The predicted octanol–water partition coefficient (Wildman–Crippen LogP) is -0.129. The summed E-state index contributed by atoms with van der Waals surface area (Å²) < 4.78 is 1.51. The Hall–Kier alpha value is -2.70. The van der Waals surface area contributed by atoms with E-state index in [1.165, 1.54) is 4.57 Å². The Kier molecular flexibility index (Phi) is 4.10. The number of carbonyl (C=O) groups excluding carboxylic acids is 2. The van der Waals surface area contributed by atoms with Gasteiger partial charge in [0.1, 0.15) is 11.9 Å². The van der Waals surface area contributed by atoms with Gasteiger partial charge in [0, 0.05) is 26.4 Å². The Morgan fingerprint density at radius 1 is 1.39 bits per heavy atom. The molecule has 1 aromatic heterocycles. The van der Waals surface area contributed by atoms with Crippen LogP contribution in [-0.4, -0.2) is 34.0 Å². The van der Waals surface area contributed by atoms with Gasteiger partial charge < -0.3 is 10.6 Å². The van der Waals surface area contributed by atoms with E-state index in [2.05, 4.69) is 15.6 Å². The van der Waals surface area contributed by atoms with Crippen molar-refractivity contribution in [3.8, 4) is 0 Å². The molecule has 1 fully saturated rings. The van der Waals surface area contributed by atoms with Crippen LogP contribution in [0.4, 0.5) is 0 Å². The summed E-state index contributed by atoms with van der Waals surface area (Å²) in [7, 11) is 1.68. The number of rotatable bonds is 4. The number of amides is 2. The third kappa shape index (κ3) is 3.08. The molecule has 0 aliphatic carbocycles. The first-order valence-corrected chi connectivity index (χ1v) is 7.58. The molecular formula is C16H18N4O3. The third-order valence-electron chi connectivity index (χ3n) is 4.04. The quantitative estimate of drug-likeness (QED) is 0.822. The fourth-order valence-electron chi connectivity index (χ4n) is 2.72. The third-order valence-corrected chi connectivity index (χ3v) is 4.04. The predicted molar refractivity (Wildman–Crippen MR) is 84.9 cm³/mol. The monoisotopic (exact) mass is 314 g/mol. The van der Waals surface area contributed by atoms with Crippen LogP contribution in [0.1, 0.15) is 18.7 Å². The molecule has 2 amide bonds. The zero-order valence-electron chi connectivity index (χ0n) is 12.8. The number of hydrogen-bond donors (Lipinski definition) is 2. The van der Waals surface area contributed by atoms with Gasteiger partial charge in [-0.3, -0.25) is 19.0 Å². The van der Waals surface area contributed by atoms with Crippen molar-refractivity contribution < 1.29 is 9.59 Å². The van der Waals surface area contributed by atoms with Gasteiger partial charge in [-0.1, -0.05) is 12.1 Å². The number of benzene rings is 1. The molecule has 0 radical (unpaired) electrons. The van der Waals surface area contributed by atoms with Gasteiger partial charge in [-0.25, -0.2) is 4.98 Å². The zero-order valence-corrected chi connectivity index (χ0v) is 12.8. The van der Waals surface area contributed by atoms with Crippen LogP contribution in [0.5, 0.6) is 0 Å². The summed E-state index contributed by atoms with van der Waals surface area (Å²) in [6.07, 6.45) is 1.36. The van der Waals surface area contributed by atoms with Crippen molar-refractivity contribution in [2.75, 3.05) is 6.54 Å². The van der Waals surface area contributed by atoms with Gasteiger partial charge in [0.25, 0.3) is 5.56 Å². The number of carbonyl (C=O) groups is 2. The van der Waals surface area contributed by atoms with E-state index in [-0.39, 0.29) is 17.4 Å². The van der Waals surface area contributed by atoms with Gasteiger partial charge >= 0.3 is 0 Å². The number of nitrogens with one attached hydrogen (secondary N) is 2. The molecule has 23 heavy (non-hydrogen) atoms. The molecular weight excluding hydrogens is 296 g/mol. The molecule has 1 unspecified atom stereocenters. The average molecular weight is 314 g/mol. The van der Waals surface area contributed by atoms with Crippen molar-refractivity contribution in [3.63, 3.8) is 0 Å². The molecule has 1 atom stereocenters. The van der Waals surface area contributed by atoms with Gasteiger partial charge in [-0.05, 0) is 18.6 Å².